The first-order valence-corrected chi connectivity index (χ1v) is 9.88. The zero-order valence-electron chi connectivity index (χ0n) is 17.0. The van der Waals surface area contributed by atoms with E-state index in [4.69, 9.17) is 9.47 Å². The molecule has 7 nitrogen and oxygen atoms in total. The van der Waals surface area contributed by atoms with Crippen molar-refractivity contribution in [2.24, 2.45) is 0 Å². The number of hydrogen-bond acceptors (Lipinski definition) is 6. The predicted octanol–water partition coefficient (Wildman–Crippen LogP) is 5.18. The zero-order chi connectivity index (χ0) is 22.5. The van der Waals surface area contributed by atoms with E-state index in [2.05, 4.69) is 0 Å². The molecule has 0 aliphatic heterocycles. The number of amides is 1. The van der Waals surface area contributed by atoms with Gasteiger partial charge in [-0.15, -0.1) is 0 Å². The Hall–Kier alpha value is -3.59. The summed E-state index contributed by atoms with van der Waals surface area (Å²) >= 11 is 1.03. The zero-order valence-corrected chi connectivity index (χ0v) is 17.8. The summed E-state index contributed by atoms with van der Waals surface area (Å²) in [6, 6.07) is 15.0. The first kappa shape index (κ1) is 22.1. The van der Waals surface area contributed by atoms with Gasteiger partial charge in [-0.1, -0.05) is 23.9 Å². The van der Waals surface area contributed by atoms with E-state index >= 15 is 0 Å². The molecule has 0 saturated heterocycles. The maximum Gasteiger partial charge on any atom is 0.270 e. The molecule has 0 fully saturated rings. The molecule has 0 bridgehead atoms. The molecule has 0 radical (unpaired) electrons. The maximum absolute atomic E-state index is 14.1. The number of halogens is 1. The Morgan fingerprint density at radius 3 is 2.35 bits per heavy atom. The van der Waals surface area contributed by atoms with Crippen LogP contribution in [0.2, 0.25) is 0 Å². The summed E-state index contributed by atoms with van der Waals surface area (Å²) in [4.78, 5) is 26.0. The number of methoxy groups -OCH3 is 2. The molecule has 3 aromatic rings. The third-order valence-corrected chi connectivity index (χ3v) is 5.65. The fourth-order valence-corrected chi connectivity index (χ4v) is 3.81. The number of hydrogen-bond donors (Lipinski definition) is 0. The molecule has 31 heavy (non-hydrogen) atoms. The van der Waals surface area contributed by atoms with Gasteiger partial charge in [0, 0.05) is 40.7 Å². The number of nitro benzene ring substituents is 1. The molecule has 0 spiro atoms. The van der Waals surface area contributed by atoms with Crippen LogP contribution in [0, 0.1) is 15.9 Å². The summed E-state index contributed by atoms with van der Waals surface area (Å²) < 4.78 is 24.6. The Bertz CT molecular complexity index is 1140. The van der Waals surface area contributed by atoms with Crippen molar-refractivity contribution >= 4 is 29.0 Å². The molecular weight excluding hydrogens is 423 g/mol. The van der Waals surface area contributed by atoms with Gasteiger partial charge in [0.25, 0.3) is 11.6 Å². The smallest absolute Gasteiger partial charge is 0.270 e. The molecule has 0 aliphatic rings. The van der Waals surface area contributed by atoms with Crippen LogP contribution in [0.5, 0.6) is 11.5 Å². The topological polar surface area (TPSA) is 81.9 Å². The minimum atomic E-state index is -0.579. The summed E-state index contributed by atoms with van der Waals surface area (Å²) in [5.41, 5.74) is 0.345. The Balaban J connectivity index is 2.02. The number of anilines is 1. The Morgan fingerprint density at radius 2 is 1.71 bits per heavy atom. The monoisotopic (exact) mass is 442 g/mol. The van der Waals surface area contributed by atoms with Crippen molar-refractivity contribution in [2.75, 3.05) is 26.2 Å². The molecule has 1 amide bonds. The van der Waals surface area contributed by atoms with Gasteiger partial charge >= 0.3 is 0 Å². The largest absolute Gasteiger partial charge is 0.493 e. The predicted molar refractivity (Wildman–Crippen MR) is 116 cm³/mol. The summed E-state index contributed by atoms with van der Waals surface area (Å²) in [5, 5.41) is 11.3. The number of carbonyl (C=O) groups is 1. The number of benzene rings is 3. The first-order chi connectivity index (χ1) is 14.8. The third kappa shape index (κ3) is 4.77. The van der Waals surface area contributed by atoms with Crippen LogP contribution in [-0.2, 0) is 0 Å². The number of carbonyl (C=O) groups excluding carboxylic acids is 1. The minimum absolute atomic E-state index is 0.0831. The second-order valence-corrected chi connectivity index (χ2v) is 7.46. The average Bonchev–Trinajstić information content (AvgIpc) is 2.79. The SMILES string of the molecule is COc1ccc(N(C)C(=O)c2cc([N+](=O)[O-])ccc2Sc2ccccc2F)cc1OC. The first-order valence-electron chi connectivity index (χ1n) is 9.06. The molecule has 0 aromatic heterocycles. The van der Waals surface area contributed by atoms with E-state index < -0.39 is 16.6 Å². The van der Waals surface area contributed by atoms with Crippen molar-refractivity contribution in [1.82, 2.24) is 0 Å². The lowest BCUT2D eigenvalue weighted by molar-refractivity contribution is -0.384. The van der Waals surface area contributed by atoms with Gasteiger partial charge in [-0.3, -0.25) is 14.9 Å². The average molecular weight is 442 g/mol. The lowest BCUT2D eigenvalue weighted by Gasteiger charge is -2.20. The van der Waals surface area contributed by atoms with Crippen molar-refractivity contribution in [3.05, 3.63) is 82.2 Å². The van der Waals surface area contributed by atoms with E-state index in [1.54, 1.807) is 43.4 Å². The van der Waals surface area contributed by atoms with Crippen LogP contribution >= 0.6 is 11.8 Å². The van der Waals surface area contributed by atoms with Gasteiger partial charge in [-0.2, -0.15) is 0 Å². The second-order valence-electron chi connectivity index (χ2n) is 6.37. The Morgan fingerprint density at radius 1 is 1.00 bits per heavy atom. The Labute approximate surface area is 182 Å². The van der Waals surface area contributed by atoms with E-state index in [1.807, 2.05) is 0 Å². The highest BCUT2D eigenvalue weighted by Crippen LogP contribution is 2.36. The van der Waals surface area contributed by atoms with E-state index in [0.717, 1.165) is 11.8 Å². The van der Waals surface area contributed by atoms with Gasteiger partial charge in [-0.05, 0) is 30.3 Å². The highest BCUT2D eigenvalue weighted by molar-refractivity contribution is 7.99. The molecule has 9 heteroatoms. The lowest BCUT2D eigenvalue weighted by Crippen LogP contribution is -2.26. The van der Waals surface area contributed by atoms with Crippen molar-refractivity contribution in [1.29, 1.82) is 0 Å². The number of non-ortho nitro benzene ring substituents is 1. The van der Waals surface area contributed by atoms with Gasteiger partial charge in [-0.25, -0.2) is 4.39 Å². The van der Waals surface area contributed by atoms with Crippen LogP contribution in [0.15, 0.2) is 70.5 Å². The Kier molecular flexibility index (Phi) is 6.76. The van der Waals surface area contributed by atoms with Crippen LogP contribution in [0.1, 0.15) is 10.4 Å². The van der Waals surface area contributed by atoms with Gasteiger partial charge in [0.15, 0.2) is 11.5 Å². The second kappa shape index (κ2) is 9.48. The molecule has 0 N–H and O–H groups in total. The summed E-state index contributed by atoms with van der Waals surface area (Å²) in [5.74, 6) is -0.00912. The highest BCUT2D eigenvalue weighted by atomic mass is 32.2. The number of ether oxygens (including phenoxy) is 2. The van der Waals surface area contributed by atoms with E-state index in [9.17, 15) is 19.3 Å². The van der Waals surface area contributed by atoms with Gasteiger partial charge in [0.2, 0.25) is 0 Å². The molecule has 0 saturated carbocycles. The van der Waals surface area contributed by atoms with Gasteiger partial charge < -0.3 is 14.4 Å². The van der Waals surface area contributed by atoms with Crippen LogP contribution in [0.4, 0.5) is 15.8 Å². The minimum Gasteiger partial charge on any atom is -0.493 e. The van der Waals surface area contributed by atoms with E-state index in [0.29, 0.717) is 27.0 Å². The number of rotatable bonds is 7. The molecule has 0 heterocycles. The van der Waals surface area contributed by atoms with Crippen molar-refractivity contribution in [2.45, 2.75) is 9.79 Å². The number of nitrogens with zero attached hydrogens (tertiary/aromatic N) is 2. The van der Waals surface area contributed by atoms with Crippen LogP contribution in [0.25, 0.3) is 0 Å². The molecular formula is C22H19FN2O5S. The molecule has 0 atom stereocenters. The highest BCUT2D eigenvalue weighted by Gasteiger charge is 2.23. The summed E-state index contributed by atoms with van der Waals surface area (Å²) in [6.45, 7) is 0. The summed E-state index contributed by atoms with van der Waals surface area (Å²) in [7, 11) is 4.52. The summed E-state index contributed by atoms with van der Waals surface area (Å²) in [6.07, 6.45) is 0. The lowest BCUT2D eigenvalue weighted by atomic mass is 10.1. The van der Waals surface area contributed by atoms with Gasteiger partial charge in [0.05, 0.1) is 24.7 Å². The molecule has 3 rings (SSSR count). The number of nitro groups is 1. The quantitative estimate of drug-likeness (QED) is 0.370. The van der Waals surface area contributed by atoms with Crippen LogP contribution < -0.4 is 14.4 Å². The van der Waals surface area contributed by atoms with Crippen LogP contribution in [-0.4, -0.2) is 32.1 Å². The molecule has 0 aliphatic carbocycles. The van der Waals surface area contributed by atoms with Crippen molar-refractivity contribution in [3.63, 3.8) is 0 Å². The maximum atomic E-state index is 14.1. The van der Waals surface area contributed by atoms with E-state index in [1.165, 1.54) is 43.4 Å². The molecule has 160 valence electrons. The van der Waals surface area contributed by atoms with E-state index in [-0.39, 0.29) is 11.3 Å². The van der Waals surface area contributed by atoms with Crippen molar-refractivity contribution in [3.8, 4) is 11.5 Å². The van der Waals surface area contributed by atoms with Gasteiger partial charge in [0.1, 0.15) is 5.82 Å². The van der Waals surface area contributed by atoms with Crippen molar-refractivity contribution < 1.29 is 23.6 Å². The third-order valence-electron chi connectivity index (χ3n) is 4.52. The molecule has 0 unspecified atom stereocenters. The molecule has 3 aromatic carbocycles. The van der Waals surface area contributed by atoms with Crippen LogP contribution in [0.3, 0.4) is 0 Å². The fourth-order valence-electron chi connectivity index (χ4n) is 2.87. The normalized spacial score (nSPS) is 10.5. The fraction of sp³-hybridized carbons (Fsp3) is 0.136. The standard InChI is InChI=1S/C22H19FN2O5S/c1-24(14-8-10-18(29-2)19(13-14)30-3)22(26)16-12-15(25(27)28)9-11-20(16)31-21-7-5-4-6-17(21)23/h4-13H,1-3H3.